The minimum Gasteiger partial charge on any atom is -0.377 e. The molecule has 1 fully saturated rings. The summed E-state index contributed by atoms with van der Waals surface area (Å²) in [5.41, 5.74) is 1.37. The molecule has 0 amide bonds. The van der Waals surface area contributed by atoms with Crippen LogP contribution < -0.4 is 0 Å². The van der Waals surface area contributed by atoms with Crippen molar-refractivity contribution < 1.29 is 4.74 Å². The summed E-state index contributed by atoms with van der Waals surface area (Å²) < 4.78 is 5.62. The van der Waals surface area contributed by atoms with Crippen molar-refractivity contribution in [2.24, 2.45) is 0 Å². The van der Waals surface area contributed by atoms with Crippen LogP contribution >= 0.6 is 0 Å². The van der Waals surface area contributed by atoms with Crippen molar-refractivity contribution in [2.45, 2.75) is 25.5 Å². The molecule has 15 heavy (non-hydrogen) atoms. The predicted octanol–water partition coefficient (Wildman–Crippen LogP) is 2.30. The first-order valence-corrected chi connectivity index (χ1v) is 5.68. The zero-order valence-corrected chi connectivity index (χ0v) is 9.36. The van der Waals surface area contributed by atoms with E-state index in [0.717, 1.165) is 19.7 Å². The molecule has 0 aromatic heterocycles. The SMILES string of the molecule is CN(Cc1ccccc1)C[C@H]1CCCO1. The predicted molar refractivity (Wildman–Crippen MR) is 61.8 cm³/mol. The van der Waals surface area contributed by atoms with Crippen LogP contribution in [0.4, 0.5) is 0 Å². The van der Waals surface area contributed by atoms with E-state index in [2.05, 4.69) is 42.3 Å². The van der Waals surface area contributed by atoms with Gasteiger partial charge in [-0.1, -0.05) is 30.3 Å². The molecule has 0 aliphatic carbocycles. The Morgan fingerprint density at radius 2 is 2.13 bits per heavy atom. The van der Waals surface area contributed by atoms with Crippen LogP contribution in [0.5, 0.6) is 0 Å². The molecule has 0 bridgehead atoms. The lowest BCUT2D eigenvalue weighted by Crippen LogP contribution is -2.28. The third-order valence-corrected chi connectivity index (χ3v) is 2.83. The van der Waals surface area contributed by atoms with Crippen molar-refractivity contribution in [1.29, 1.82) is 0 Å². The number of hydrogen-bond donors (Lipinski definition) is 0. The van der Waals surface area contributed by atoms with Gasteiger partial charge in [-0.3, -0.25) is 4.90 Å². The summed E-state index contributed by atoms with van der Waals surface area (Å²) in [7, 11) is 2.16. The van der Waals surface area contributed by atoms with Crippen LogP contribution in [0.15, 0.2) is 30.3 Å². The van der Waals surface area contributed by atoms with Gasteiger partial charge in [0.15, 0.2) is 0 Å². The van der Waals surface area contributed by atoms with Crippen molar-refractivity contribution in [3.63, 3.8) is 0 Å². The van der Waals surface area contributed by atoms with Gasteiger partial charge in [0.05, 0.1) is 6.10 Å². The highest BCUT2D eigenvalue weighted by atomic mass is 16.5. The summed E-state index contributed by atoms with van der Waals surface area (Å²) in [6.45, 7) is 3.01. The van der Waals surface area contributed by atoms with Crippen molar-refractivity contribution in [3.8, 4) is 0 Å². The Balaban J connectivity index is 1.79. The molecule has 2 nitrogen and oxygen atoms in total. The molecule has 1 heterocycles. The van der Waals surface area contributed by atoms with Crippen molar-refractivity contribution in [2.75, 3.05) is 20.2 Å². The lowest BCUT2D eigenvalue weighted by Gasteiger charge is -2.20. The second-order valence-electron chi connectivity index (χ2n) is 4.32. The molecule has 0 N–H and O–H groups in total. The molecule has 82 valence electrons. The van der Waals surface area contributed by atoms with Gasteiger partial charge in [0.2, 0.25) is 0 Å². The zero-order valence-electron chi connectivity index (χ0n) is 9.36. The van der Waals surface area contributed by atoms with Crippen molar-refractivity contribution in [1.82, 2.24) is 4.90 Å². The van der Waals surface area contributed by atoms with Crippen LogP contribution in [0.2, 0.25) is 0 Å². The van der Waals surface area contributed by atoms with E-state index in [9.17, 15) is 0 Å². The number of hydrogen-bond acceptors (Lipinski definition) is 2. The number of benzene rings is 1. The Morgan fingerprint density at radius 1 is 1.33 bits per heavy atom. The molecular formula is C13H19NO. The van der Waals surface area contributed by atoms with E-state index in [1.165, 1.54) is 18.4 Å². The minimum absolute atomic E-state index is 0.457. The number of rotatable bonds is 4. The van der Waals surface area contributed by atoms with Crippen LogP contribution in [-0.4, -0.2) is 31.2 Å². The van der Waals surface area contributed by atoms with Gasteiger partial charge in [0.1, 0.15) is 0 Å². The van der Waals surface area contributed by atoms with Crippen LogP contribution in [0.1, 0.15) is 18.4 Å². The molecule has 0 radical (unpaired) electrons. The maximum absolute atomic E-state index is 5.62. The monoisotopic (exact) mass is 205 g/mol. The van der Waals surface area contributed by atoms with E-state index in [0.29, 0.717) is 6.10 Å². The van der Waals surface area contributed by atoms with Gasteiger partial charge < -0.3 is 4.74 Å². The van der Waals surface area contributed by atoms with E-state index in [-0.39, 0.29) is 0 Å². The number of likely N-dealkylation sites (N-methyl/N-ethyl adjacent to an activating group) is 1. The van der Waals surface area contributed by atoms with Gasteiger partial charge in [0, 0.05) is 19.7 Å². The Bertz CT molecular complexity index is 280. The summed E-state index contributed by atoms with van der Waals surface area (Å²) in [5, 5.41) is 0. The van der Waals surface area contributed by atoms with E-state index in [1.807, 2.05) is 0 Å². The zero-order chi connectivity index (χ0) is 10.5. The van der Waals surface area contributed by atoms with Gasteiger partial charge in [-0.15, -0.1) is 0 Å². The molecule has 0 saturated carbocycles. The lowest BCUT2D eigenvalue weighted by molar-refractivity contribution is 0.0793. The summed E-state index contributed by atoms with van der Waals surface area (Å²) in [6.07, 6.45) is 2.90. The fraction of sp³-hybridized carbons (Fsp3) is 0.538. The van der Waals surface area contributed by atoms with E-state index in [4.69, 9.17) is 4.74 Å². The third-order valence-electron chi connectivity index (χ3n) is 2.83. The molecular weight excluding hydrogens is 186 g/mol. The van der Waals surface area contributed by atoms with Crippen molar-refractivity contribution >= 4 is 0 Å². The van der Waals surface area contributed by atoms with Gasteiger partial charge in [-0.05, 0) is 25.5 Å². The van der Waals surface area contributed by atoms with Gasteiger partial charge >= 0.3 is 0 Å². The van der Waals surface area contributed by atoms with Gasteiger partial charge in [-0.25, -0.2) is 0 Å². The molecule has 1 saturated heterocycles. The maximum Gasteiger partial charge on any atom is 0.0702 e. The first-order valence-electron chi connectivity index (χ1n) is 5.68. The number of nitrogens with zero attached hydrogens (tertiary/aromatic N) is 1. The van der Waals surface area contributed by atoms with Crippen LogP contribution in [0, 0.1) is 0 Å². The molecule has 1 aromatic carbocycles. The van der Waals surface area contributed by atoms with Crippen molar-refractivity contribution in [3.05, 3.63) is 35.9 Å². The first kappa shape index (κ1) is 10.7. The third kappa shape index (κ3) is 3.33. The molecule has 0 spiro atoms. The highest BCUT2D eigenvalue weighted by molar-refractivity contribution is 5.14. The van der Waals surface area contributed by atoms with Crippen LogP contribution in [0.25, 0.3) is 0 Å². The average Bonchev–Trinajstić information content (AvgIpc) is 2.71. The number of ether oxygens (including phenoxy) is 1. The molecule has 2 heteroatoms. The highest BCUT2D eigenvalue weighted by Crippen LogP contribution is 2.13. The normalized spacial score (nSPS) is 21.1. The summed E-state index contributed by atoms with van der Waals surface area (Å²) in [4.78, 5) is 2.34. The van der Waals surface area contributed by atoms with Gasteiger partial charge in [0.25, 0.3) is 0 Å². The average molecular weight is 205 g/mol. The molecule has 1 aliphatic rings. The fourth-order valence-corrected chi connectivity index (χ4v) is 2.10. The largest absolute Gasteiger partial charge is 0.377 e. The Hall–Kier alpha value is -0.860. The van der Waals surface area contributed by atoms with E-state index < -0.39 is 0 Å². The molecule has 1 aromatic rings. The quantitative estimate of drug-likeness (QED) is 0.748. The Kier molecular flexibility index (Phi) is 3.75. The molecule has 0 unspecified atom stereocenters. The van der Waals surface area contributed by atoms with E-state index in [1.54, 1.807) is 0 Å². The molecule has 1 atom stereocenters. The second-order valence-corrected chi connectivity index (χ2v) is 4.32. The Morgan fingerprint density at radius 3 is 2.80 bits per heavy atom. The topological polar surface area (TPSA) is 12.5 Å². The Labute approximate surface area is 91.9 Å². The highest BCUT2D eigenvalue weighted by Gasteiger charge is 2.17. The second kappa shape index (κ2) is 5.29. The summed E-state index contributed by atoms with van der Waals surface area (Å²) in [5.74, 6) is 0. The molecule has 2 rings (SSSR count). The van der Waals surface area contributed by atoms with E-state index >= 15 is 0 Å². The first-order chi connectivity index (χ1) is 7.34. The lowest BCUT2D eigenvalue weighted by atomic mass is 10.2. The minimum atomic E-state index is 0.457. The standard InChI is InChI=1S/C13H19NO/c1-14(11-13-8-5-9-15-13)10-12-6-3-2-4-7-12/h2-4,6-7,13H,5,8-11H2,1H3/t13-/m1/s1. The maximum atomic E-state index is 5.62. The summed E-state index contributed by atoms with van der Waals surface area (Å²) >= 11 is 0. The van der Waals surface area contributed by atoms with Crippen LogP contribution in [0.3, 0.4) is 0 Å². The van der Waals surface area contributed by atoms with Crippen LogP contribution in [-0.2, 0) is 11.3 Å². The fourth-order valence-electron chi connectivity index (χ4n) is 2.10. The smallest absolute Gasteiger partial charge is 0.0702 e. The summed E-state index contributed by atoms with van der Waals surface area (Å²) in [6, 6.07) is 10.6. The van der Waals surface area contributed by atoms with Gasteiger partial charge in [-0.2, -0.15) is 0 Å². The molecule has 1 aliphatic heterocycles.